The molecule has 3 aromatic heterocycles. The first-order chi connectivity index (χ1) is 15.6. The number of nitrogens with zero attached hydrogens (tertiary/aromatic N) is 5. The van der Waals surface area contributed by atoms with Gasteiger partial charge in [0.1, 0.15) is 23.9 Å². The first kappa shape index (κ1) is 22.4. The molecule has 1 amide bonds. The lowest BCUT2D eigenvalue weighted by Gasteiger charge is -2.29. The Morgan fingerprint density at radius 2 is 1.88 bits per heavy atom. The fourth-order valence-corrected chi connectivity index (χ4v) is 3.63. The predicted molar refractivity (Wildman–Crippen MR) is 107 cm³/mol. The highest BCUT2D eigenvalue weighted by molar-refractivity contribution is 5.98. The van der Waals surface area contributed by atoms with Gasteiger partial charge in [-0.25, -0.2) is 9.37 Å². The molecule has 13 heteroatoms. The largest absolute Gasteiger partial charge is 0.481 e. The summed E-state index contributed by atoms with van der Waals surface area (Å²) in [6, 6.07) is 3.66. The van der Waals surface area contributed by atoms with Crippen molar-refractivity contribution in [3.8, 4) is 0 Å². The molecule has 1 aliphatic rings. The third kappa shape index (κ3) is 5.02. The number of piperidine rings is 1. The molecular weight excluding hydrogens is 448 g/mol. The SMILES string of the molecule is O=C(O)C1CCN(C(=O)c2cc3c(cn2)c(Nc2ccc(F)cn2)nn3CC(F)(F)F)CC1. The summed E-state index contributed by atoms with van der Waals surface area (Å²) in [5.41, 5.74) is -0.0539. The van der Waals surface area contributed by atoms with Crippen LogP contribution in [0.15, 0.2) is 30.6 Å². The van der Waals surface area contributed by atoms with E-state index < -0.39 is 36.3 Å². The lowest BCUT2D eigenvalue weighted by Crippen LogP contribution is -2.40. The van der Waals surface area contributed by atoms with E-state index in [2.05, 4.69) is 20.4 Å². The van der Waals surface area contributed by atoms with Gasteiger partial charge in [-0.2, -0.15) is 18.3 Å². The minimum atomic E-state index is -4.57. The minimum absolute atomic E-state index is 0.0159. The molecule has 1 aliphatic heterocycles. The number of anilines is 2. The Kier molecular flexibility index (Phi) is 5.87. The number of rotatable bonds is 5. The van der Waals surface area contributed by atoms with E-state index in [1.165, 1.54) is 23.2 Å². The van der Waals surface area contributed by atoms with Gasteiger partial charge in [0, 0.05) is 19.3 Å². The Morgan fingerprint density at radius 3 is 2.48 bits per heavy atom. The van der Waals surface area contributed by atoms with Gasteiger partial charge in [-0.1, -0.05) is 0 Å². The van der Waals surface area contributed by atoms with Gasteiger partial charge in [-0.15, -0.1) is 0 Å². The molecule has 1 fully saturated rings. The monoisotopic (exact) mass is 466 g/mol. The molecule has 0 aromatic carbocycles. The van der Waals surface area contributed by atoms with Gasteiger partial charge in [0.15, 0.2) is 5.82 Å². The predicted octanol–water partition coefficient (Wildman–Crippen LogP) is 3.21. The van der Waals surface area contributed by atoms with Crippen LogP contribution in [-0.2, 0) is 11.3 Å². The number of alkyl halides is 3. The maximum Gasteiger partial charge on any atom is 0.408 e. The molecule has 2 N–H and O–H groups in total. The average Bonchev–Trinajstić information content (AvgIpc) is 3.09. The number of fused-ring (bicyclic) bond motifs is 1. The second kappa shape index (κ2) is 8.64. The molecule has 0 aliphatic carbocycles. The Hall–Kier alpha value is -3.77. The number of aromatic nitrogens is 4. The van der Waals surface area contributed by atoms with E-state index in [1.54, 1.807) is 0 Å². The number of hydrogen-bond acceptors (Lipinski definition) is 6. The summed E-state index contributed by atoms with van der Waals surface area (Å²) in [5.74, 6) is -2.36. The number of hydrogen-bond donors (Lipinski definition) is 2. The van der Waals surface area contributed by atoms with Crippen molar-refractivity contribution in [2.24, 2.45) is 5.92 Å². The molecule has 33 heavy (non-hydrogen) atoms. The molecule has 0 spiro atoms. The number of halogens is 4. The van der Waals surface area contributed by atoms with E-state index in [1.807, 2.05) is 0 Å². The third-order valence-electron chi connectivity index (χ3n) is 5.29. The zero-order valence-corrected chi connectivity index (χ0v) is 17.0. The lowest BCUT2D eigenvalue weighted by molar-refractivity contribution is -0.143. The van der Waals surface area contributed by atoms with E-state index in [4.69, 9.17) is 5.11 Å². The van der Waals surface area contributed by atoms with E-state index >= 15 is 0 Å². The average molecular weight is 466 g/mol. The maximum atomic E-state index is 13.1. The standard InChI is InChI=1S/C20H18F4N6O3/c21-12-1-2-16(26-8-12)27-17-13-9-25-14(7-15(13)30(28-17)10-20(22,23)24)18(31)29-5-3-11(4-6-29)19(32)33/h1-2,7-9,11H,3-6,10H2,(H,32,33)(H,26,27,28). The number of amides is 1. The van der Waals surface area contributed by atoms with Crippen LogP contribution < -0.4 is 5.32 Å². The summed E-state index contributed by atoms with van der Waals surface area (Å²) >= 11 is 0. The Morgan fingerprint density at radius 1 is 1.15 bits per heavy atom. The zero-order chi connectivity index (χ0) is 23.8. The molecule has 0 saturated carbocycles. The smallest absolute Gasteiger partial charge is 0.408 e. The highest BCUT2D eigenvalue weighted by atomic mass is 19.4. The van der Waals surface area contributed by atoms with E-state index in [0.717, 1.165) is 12.3 Å². The highest BCUT2D eigenvalue weighted by Gasteiger charge is 2.31. The van der Waals surface area contributed by atoms with Crippen molar-refractivity contribution >= 4 is 34.4 Å². The summed E-state index contributed by atoms with van der Waals surface area (Å²) < 4.78 is 53.2. The van der Waals surface area contributed by atoms with Gasteiger partial charge >= 0.3 is 12.1 Å². The second-order valence-corrected chi connectivity index (χ2v) is 7.60. The molecule has 0 bridgehead atoms. The summed E-state index contributed by atoms with van der Waals surface area (Å²) in [6.07, 6.45) is -1.82. The molecule has 4 heterocycles. The van der Waals surface area contributed by atoms with Crippen molar-refractivity contribution in [2.45, 2.75) is 25.6 Å². The number of carboxylic acids is 1. The summed E-state index contributed by atoms with van der Waals surface area (Å²) in [4.78, 5) is 33.3. The van der Waals surface area contributed by atoms with Gasteiger partial charge in [-0.05, 0) is 31.0 Å². The summed E-state index contributed by atoms with van der Waals surface area (Å²) in [6.45, 7) is -0.982. The normalized spacial score (nSPS) is 15.1. The van der Waals surface area contributed by atoms with Crippen molar-refractivity contribution in [2.75, 3.05) is 18.4 Å². The molecule has 9 nitrogen and oxygen atoms in total. The third-order valence-corrected chi connectivity index (χ3v) is 5.29. The molecular formula is C20H18F4N6O3. The Balaban J connectivity index is 1.65. The van der Waals surface area contributed by atoms with Crippen molar-refractivity contribution in [1.29, 1.82) is 0 Å². The first-order valence-corrected chi connectivity index (χ1v) is 9.95. The lowest BCUT2D eigenvalue weighted by atomic mass is 9.97. The van der Waals surface area contributed by atoms with Crippen LogP contribution in [0.3, 0.4) is 0 Å². The molecule has 0 unspecified atom stereocenters. The first-order valence-electron chi connectivity index (χ1n) is 9.95. The quantitative estimate of drug-likeness (QED) is 0.555. The number of carbonyl (C=O) groups is 2. The molecule has 0 radical (unpaired) electrons. The van der Waals surface area contributed by atoms with E-state index in [0.29, 0.717) is 4.68 Å². The molecule has 174 valence electrons. The fraction of sp³-hybridized carbons (Fsp3) is 0.350. The molecule has 4 rings (SSSR count). The Labute approximate surface area is 184 Å². The maximum absolute atomic E-state index is 13.1. The molecule has 0 atom stereocenters. The van der Waals surface area contributed by atoms with Crippen LogP contribution in [0.4, 0.5) is 29.2 Å². The summed E-state index contributed by atoms with van der Waals surface area (Å²) in [5, 5.41) is 16.0. The van der Waals surface area contributed by atoms with E-state index in [9.17, 15) is 27.2 Å². The van der Waals surface area contributed by atoms with Crippen LogP contribution in [0.1, 0.15) is 23.3 Å². The Bertz CT molecular complexity index is 1190. The van der Waals surface area contributed by atoms with Crippen LogP contribution in [0.2, 0.25) is 0 Å². The number of carboxylic acid groups (broad SMARTS) is 1. The van der Waals surface area contributed by atoms with Crippen LogP contribution in [0.25, 0.3) is 10.9 Å². The van der Waals surface area contributed by atoms with Crippen molar-refractivity contribution < 1.29 is 32.3 Å². The van der Waals surface area contributed by atoms with Crippen molar-refractivity contribution in [1.82, 2.24) is 24.6 Å². The van der Waals surface area contributed by atoms with Gasteiger partial charge in [-0.3, -0.25) is 19.3 Å². The topological polar surface area (TPSA) is 113 Å². The number of pyridine rings is 2. The van der Waals surface area contributed by atoms with Crippen LogP contribution >= 0.6 is 0 Å². The van der Waals surface area contributed by atoms with Gasteiger partial charge in [0.2, 0.25) is 0 Å². The fourth-order valence-electron chi connectivity index (χ4n) is 3.63. The van der Waals surface area contributed by atoms with E-state index in [-0.39, 0.29) is 54.2 Å². The molecule has 3 aromatic rings. The van der Waals surface area contributed by atoms with Crippen molar-refractivity contribution in [3.05, 3.63) is 42.1 Å². The number of carbonyl (C=O) groups excluding carboxylic acids is 1. The number of likely N-dealkylation sites (tertiary alicyclic amines) is 1. The zero-order valence-electron chi connectivity index (χ0n) is 17.0. The molecule has 1 saturated heterocycles. The summed E-state index contributed by atoms with van der Waals surface area (Å²) in [7, 11) is 0. The van der Waals surface area contributed by atoms with Crippen LogP contribution in [-0.4, -0.2) is 60.9 Å². The minimum Gasteiger partial charge on any atom is -0.481 e. The van der Waals surface area contributed by atoms with Gasteiger partial charge in [0.25, 0.3) is 5.91 Å². The van der Waals surface area contributed by atoms with Gasteiger partial charge in [0.05, 0.1) is 23.0 Å². The number of nitrogens with one attached hydrogen (secondary N) is 1. The number of aliphatic carboxylic acids is 1. The van der Waals surface area contributed by atoms with Crippen LogP contribution in [0, 0.1) is 11.7 Å². The highest BCUT2D eigenvalue weighted by Crippen LogP contribution is 2.29. The van der Waals surface area contributed by atoms with Gasteiger partial charge < -0.3 is 15.3 Å². The second-order valence-electron chi connectivity index (χ2n) is 7.60. The van der Waals surface area contributed by atoms with Crippen molar-refractivity contribution in [3.63, 3.8) is 0 Å². The van der Waals surface area contributed by atoms with Crippen LogP contribution in [0.5, 0.6) is 0 Å².